The summed E-state index contributed by atoms with van der Waals surface area (Å²) in [7, 11) is 0. The van der Waals surface area contributed by atoms with Crippen LogP contribution in [0, 0.1) is 0 Å². The molecule has 32 heavy (non-hydrogen) atoms. The number of ether oxygens (including phenoxy) is 3. The molecule has 0 radical (unpaired) electrons. The molecular weight excluding hydrogens is 400 g/mol. The van der Waals surface area contributed by atoms with Gasteiger partial charge in [0, 0.05) is 0 Å². The van der Waals surface area contributed by atoms with Crippen molar-refractivity contribution in [3.05, 3.63) is 132 Å². The van der Waals surface area contributed by atoms with Crippen LogP contribution in [0.15, 0.2) is 116 Å². The summed E-state index contributed by atoms with van der Waals surface area (Å²) in [6.07, 6.45) is 4.63. The summed E-state index contributed by atoms with van der Waals surface area (Å²) in [5.74, 6) is -0.363. The lowest BCUT2D eigenvalue weighted by atomic mass is 10.1. The third kappa shape index (κ3) is 7.65. The van der Waals surface area contributed by atoms with E-state index in [0.717, 1.165) is 11.1 Å². The highest BCUT2D eigenvalue weighted by atomic mass is 16.5. The third-order valence-electron chi connectivity index (χ3n) is 4.77. The molecule has 0 amide bonds. The number of hydrogen-bond acceptors (Lipinski definition) is 4. The Bertz CT molecular complexity index is 968. The van der Waals surface area contributed by atoms with E-state index in [4.69, 9.17) is 14.2 Å². The van der Waals surface area contributed by atoms with Crippen molar-refractivity contribution >= 4 is 5.97 Å². The lowest BCUT2D eigenvalue weighted by Crippen LogP contribution is -2.28. The Balaban J connectivity index is 1.61. The maximum Gasteiger partial charge on any atom is 0.338 e. The average Bonchev–Trinajstić information content (AvgIpc) is 2.86. The molecule has 0 unspecified atom stereocenters. The third-order valence-corrected chi connectivity index (χ3v) is 4.77. The summed E-state index contributed by atoms with van der Waals surface area (Å²) in [6.45, 7) is 4.93. The molecule has 2 atom stereocenters. The van der Waals surface area contributed by atoms with E-state index in [1.165, 1.54) is 0 Å². The van der Waals surface area contributed by atoms with Crippen molar-refractivity contribution in [3.8, 4) is 0 Å². The van der Waals surface area contributed by atoms with Gasteiger partial charge in [0.1, 0.15) is 18.8 Å². The van der Waals surface area contributed by atoms with Crippen molar-refractivity contribution in [1.29, 1.82) is 0 Å². The van der Waals surface area contributed by atoms with E-state index in [9.17, 15) is 4.79 Å². The zero-order valence-electron chi connectivity index (χ0n) is 18.0. The highest BCUT2D eigenvalue weighted by Gasteiger charge is 2.18. The highest BCUT2D eigenvalue weighted by molar-refractivity contribution is 5.89. The Kier molecular flexibility index (Phi) is 9.46. The smallest absolute Gasteiger partial charge is 0.338 e. The SMILES string of the molecule is C=C[C@H](OCc1ccccc1)[C@@H](/C=C\COC(=O)c1ccccc1)OCc1ccccc1. The Morgan fingerprint density at radius 3 is 1.78 bits per heavy atom. The number of carbonyl (C=O) groups is 1. The maximum atomic E-state index is 12.1. The van der Waals surface area contributed by atoms with Gasteiger partial charge in [-0.3, -0.25) is 0 Å². The molecule has 0 saturated heterocycles. The minimum atomic E-state index is -0.383. The van der Waals surface area contributed by atoms with Crippen molar-refractivity contribution in [2.75, 3.05) is 6.61 Å². The van der Waals surface area contributed by atoms with E-state index in [1.54, 1.807) is 36.4 Å². The first-order valence-corrected chi connectivity index (χ1v) is 10.6. The van der Waals surface area contributed by atoms with Gasteiger partial charge in [-0.15, -0.1) is 6.58 Å². The predicted octanol–water partition coefficient (Wildman–Crippen LogP) is 5.76. The van der Waals surface area contributed by atoms with Crippen molar-refractivity contribution in [1.82, 2.24) is 0 Å². The number of benzene rings is 3. The van der Waals surface area contributed by atoms with E-state index in [2.05, 4.69) is 6.58 Å². The van der Waals surface area contributed by atoms with Crippen LogP contribution in [0.5, 0.6) is 0 Å². The van der Waals surface area contributed by atoms with Crippen LogP contribution in [0.1, 0.15) is 21.5 Å². The predicted molar refractivity (Wildman–Crippen MR) is 126 cm³/mol. The van der Waals surface area contributed by atoms with Crippen LogP contribution in [-0.2, 0) is 27.4 Å². The topological polar surface area (TPSA) is 44.8 Å². The monoisotopic (exact) mass is 428 g/mol. The van der Waals surface area contributed by atoms with Crippen LogP contribution in [0.4, 0.5) is 0 Å². The normalized spacial score (nSPS) is 12.9. The first-order chi connectivity index (χ1) is 15.8. The van der Waals surface area contributed by atoms with Gasteiger partial charge in [0.25, 0.3) is 0 Å². The molecule has 3 aromatic rings. The Hall–Kier alpha value is -3.47. The van der Waals surface area contributed by atoms with Crippen LogP contribution >= 0.6 is 0 Å². The molecule has 0 bridgehead atoms. The molecule has 0 aliphatic rings. The van der Waals surface area contributed by atoms with Crippen LogP contribution in [0.25, 0.3) is 0 Å². The second-order valence-corrected chi connectivity index (χ2v) is 7.15. The summed E-state index contributed by atoms with van der Waals surface area (Å²) in [4.78, 5) is 12.1. The molecule has 164 valence electrons. The standard InChI is InChI=1S/C28H28O4/c1-2-26(31-21-23-13-6-3-7-14-23)27(32-22-24-15-8-4-9-16-24)19-12-20-30-28(29)25-17-10-5-11-18-25/h2-19,26-27H,1,20-22H2/b19-12-/t26-,27+/m0/s1. The molecular formula is C28H28O4. The molecule has 4 nitrogen and oxygen atoms in total. The maximum absolute atomic E-state index is 12.1. The molecule has 0 heterocycles. The van der Waals surface area contributed by atoms with Crippen LogP contribution in [0.3, 0.4) is 0 Å². The first kappa shape index (κ1) is 23.2. The number of esters is 1. The fourth-order valence-corrected chi connectivity index (χ4v) is 3.06. The summed E-state index contributed by atoms with van der Waals surface area (Å²) < 4.78 is 17.5. The number of rotatable bonds is 12. The van der Waals surface area contributed by atoms with Crippen molar-refractivity contribution in [2.45, 2.75) is 25.4 Å². The van der Waals surface area contributed by atoms with E-state index < -0.39 is 0 Å². The van der Waals surface area contributed by atoms with Gasteiger partial charge in [0.2, 0.25) is 0 Å². The summed E-state index contributed by atoms with van der Waals surface area (Å²) >= 11 is 0. The van der Waals surface area contributed by atoms with Gasteiger partial charge in [0.05, 0.1) is 18.8 Å². The van der Waals surface area contributed by atoms with Crippen LogP contribution in [-0.4, -0.2) is 24.8 Å². The van der Waals surface area contributed by atoms with Crippen LogP contribution < -0.4 is 0 Å². The molecule has 3 aromatic carbocycles. The van der Waals surface area contributed by atoms with E-state index in [-0.39, 0.29) is 24.8 Å². The fraction of sp³-hybridized carbons (Fsp3) is 0.179. The zero-order chi connectivity index (χ0) is 22.4. The Morgan fingerprint density at radius 2 is 1.25 bits per heavy atom. The second kappa shape index (κ2) is 13.1. The zero-order valence-corrected chi connectivity index (χ0v) is 18.0. The van der Waals surface area contributed by atoms with E-state index >= 15 is 0 Å². The lowest BCUT2D eigenvalue weighted by molar-refractivity contribution is -0.0421. The lowest BCUT2D eigenvalue weighted by Gasteiger charge is -2.23. The van der Waals surface area contributed by atoms with Crippen molar-refractivity contribution in [2.24, 2.45) is 0 Å². The van der Waals surface area contributed by atoms with Crippen molar-refractivity contribution in [3.63, 3.8) is 0 Å². The van der Waals surface area contributed by atoms with Gasteiger partial charge in [-0.2, -0.15) is 0 Å². The molecule has 0 aliphatic heterocycles. The molecule has 0 spiro atoms. The first-order valence-electron chi connectivity index (χ1n) is 10.6. The van der Waals surface area contributed by atoms with E-state index in [1.807, 2.05) is 72.8 Å². The van der Waals surface area contributed by atoms with Crippen LogP contribution in [0.2, 0.25) is 0 Å². The molecule has 3 rings (SSSR count). The minimum Gasteiger partial charge on any atom is -0.458 e. The molecule has 4 heteroatoms. The van der Waals surface area contributed by atoms with Gasteiger partial charge in [-0.05, 0) is 29.3 Å². The largest absolute Gasteiger partial charge is 0.458 e. The fourth-order valence-electron chi connectivity index (χ4n) is 3.06. The second-order valence-electron chi connectivity index (χ2n) is 7.15. The van der Waals surface area contributed by atoms with Crippen molar-refractivity contribution < 1.29 is 19.0 Å². The molecule has 0 aromatic heterocycles. The minimum absolute atomic E-state index is 0.140. The Labute approximate surface area is 189 Å². The van der Waals surface area contributed by atoms with Gasteiger partial charge >= 0.3 is 5.97 Å². The van der Waals surface area contributed by atoms with Gasteiger partial charge in [-0.1, -0.05) is 91.0 Å². The Morgan fingerprint density at radius 1 is 0.750 bits per heavy atom. The molecule has 0 N–H and O–H groups in total. The molecule has 0 aliphatic carbocycles. The number of carbonyl (C=O) groups excluding carboxylic acids is 1. The van der Waals surface area contributed by atoms with E-state index in [0.29, 0.717) is 18.8 Å². The summed E-state index contributed by atoms with van der Waals surface area (Å²) in [5.41, 5.74) is 2.65. The van der Waals surface area contributed by atoms with Gasteiger partial charge in [0.15, 0.2) is 0 Å². The molecule has 0 saturated carbocycles. The average molecular weight is 429 g/mol. The number of hydrogen-bond donors (Lipinski definition) is 0. The summed E-state index contributed by atoms with van der Waals surface area (Å²) in [5, 5.41) is 0. The van der Waals surface area contributed by atoms with Gasteiger partial charge in [-0.25, -0.2) is 4.79 Å². The quantitative estimate of drug-likeness (QED) is 0.272. The highest BCUT2D eigenvalue weighted by Crippen LogP contribution is 2.14. The summed E-state index contributed by atoms with van der Waals surface area (Å²) in [6, 6.07) is 28.8. The molecule has 0 fully saturated rings. The van der Waals surface area contributed by atoms with Gasteiger partial charge < -0.3 is 14.2 Å².